The molecule has 1 aromatic heterocycles. The predicted octanol–water partition coefficient (Wildman–Crippen LogP) is 5.49. The van der Waals surface area contributed by atoms with Crippen LogP contribution in [0.3, 0.4) is 0 Å². The number of rotatable bonds is 8. The standard InChI is InChI=1S/C25H29BrN4O3.ClH/c1-18-13-24(29(25(31)32)15-19-9-11-27-12-10-19)28-30(18)16-21-14-22(26)7-8-23(21)33-17-20-5-3-2-4-6-20;/h2-8,13-14,19,27H,9-12,15-17H2,1H3,(H,31,32);1H. The molecular formula is C25H30BrClN4O3. The van der Waals surface area contributed by atoms with E-state index in [0.717, 1.165) is 53.0 Å². The summed E-state index contributed by atoms with van der Waals surface area (Å²) in [5.41, 5.74) is 2.97. The van der Waals surface area contributed by atoms with Gasteiger partial charge in [0.15, 0.2) is 5.82 Å². The van der Waals surface area contributed by atoms with E-state index in [2.05, 4.69) is 26.3 Å². The molecule has 1 amide bonds. The highest BCUT2D eigenvalue weighted by Gasteiger charge is 2.24. The lowest BCUT2D eigenvalue weighted by Gasteiger charge is -2.27. The van der Waals surface area contributed by atoms with Crippen LogP contribution >= 0.6 is 28.3 Å². The minimum atomic E-state index is -0.965. The Kier molecular flexibility index (Phi) is 9.38. The highest BCUT2D eigenvalue weighted by atomic mass is 79.9. The average Bonchev–Trinajstić information content (AvgIpc) is 3.17. The number of nitrogens with zero attached hydrogens (tertiary/aromatic N) is 3. The average molecular weight is 550 g/mol. The molecule has 2 heterocycles. The molecule has 9 heteroatoms. The number of anilines is 1. The van der Waals surface area contributed by atoms with Gasteiger partial charge in [-0.1, -0.05) is 46.3 Å². The first-order valence-electron chi connectivity index (χ1n) is 11.2. The number of piperidine rings is 1. The van der Waals surface area contributed by atoms with Crippen molar-refractivity contribution in [1.82, 2.24) is 15.1 Å². The van der Waals surface area contributed by atoms with Crippen molar-refractivity contribution in [1.29, 1.82) is 0 Å². The van der Waals surface area contributed by atoms with Crippen LogP contribution in [-0.4, -0.2) is 40.6 Å². The summed E-state index contributed by atoms with van der Waals surface area (Å²) < 4.78 is 8.90. The highest BCUT2D eigenvalue weighted by molar-refractivity contribution is 9.10. The van der Waals surface area contributed by atoms with Crippen molar-refractivity contribution in [3.8, 4) is 5.75 Å². The largest absolute Gasteiger partial charge is 0.489 e. The van der Waals surface area contributed by atoms with Crippen molar-refractivity contribution < 1.29 is 14.6 Å². The third-order valence-corrected chi connectivity index (χ3v) is 6.45. The van der Waals surface area contributed by atoms with Gasteiger partial charge < -0.3 is 15.2 Å². The van der Waals surface area contributed by atoms with E-state index in [9.17, 15) is 9.90 Å². The van der Waals surface area contributed by atoms with Gasteiger partial charge in [0.25, 0.3) is 0 Å². The molecule has 0 radical (unpaired) electrons. The predicted molar refractivity (Wildman–Crippen MR) is 139 cm³/mol. The third kappa shape index (κ3) is 6.74. The minimum Gasteiger partial charge on any atom is -0.489 e. The van der Waals surface area contributed by atoms with Gasteiger partial charge in [-0.2, -0.15) is 5.10 Å². The lowest BCUT2D eigenvalue weighted by Crippen LogP contribution is -2.39. The Bertz CT molecular complexity index is 1090. The summed E-state index contributed by atoms with van der Waals surface area (Å²) in [5.74, 6) is 1.60. The molecule has 0 bridgehead atoms. The Morgan fingerprint density at radius 3 is 2.65 bits per heavy atom. The van der Waals surface area contributed by atoms with Crippen LogP contribution in [0.4, 0.5) is 10.6 Å². The second kappa shape index (κ2) is 12.2. The quantitative estimate of drug-likeness (QED) is 0.389. The Hall–Kier alpha value is -2.55. The van der Waals surface area contributed by atoms with E-state index in [1.165, 1.54) is 4.90 Å². The summed E-state index contributed by atoms with van der Waals surface area (Å²) in [4.78, 5) is 13.4. The van der Waals surface area contributed by atoms with Crippen LogP contribution in [0.15, 0.2) is 59.1 Å². The molecule has 0 saturated carbocycles. The van der Waals surface area contributed by atoms with E-state index in [1.807, 2.05) is 66.2 Å². The van der Waals surface area contributed by atoms with Gasteiger partial charge in [-0.25, -0.2) is 4.79 Å². The van der Waals surface area contributed by atoms with E-state index in [4.69, 9.17) is 4.74 Å². The Morgan fingerprint density at radius 1 is 1.21 bits per heavy atom. The summed E-state index contributed by atoms with van der Waals surface area (Å²) in [7, 11) is 0. The number of amides is 1. The molecule has 1 fully saturated rings. The molecule has 34 heavy (non-hydrogen) atoms. The second-order valence-electron chi connectivity index (χ2n) is 8.41. The number of benzene rings is 2. The SMILES string of the molecule is Cc1cc(N(CC2CCNCC2)C(=O)O)nn1Cc1cc(Br)ccc1OCc1ccccc1.Cl. The molecule has 7 nitrogen and oxygen atoms in total. The zero-order valence-corrected chi connectivity index (χ0v) is 21.5. The molecule has 0 atom stereocenters. The monoisotopic (exact) mass is 548 g/mol. The zero-order chi connectivity index (χ0) is 23.2. The number of aromatic nitrogens is 2. The maximum absolute atomic E-state index is 12.0. The maximum Gasteiger partial charge on any atom is 0.413 e. The molecule has 1 aliphatic rings. The summed E-state index contributed by atoms with van der Waals surface area (Å²) in [6.07, 6.45) is 0.986. The van der Waals surface area contributed by atoms with Crippen LogP contribution in [0.1, 0.15) is 29.7 Å². The summed E-state index contributed by atoms with van der Waals surface area (Å²) in [6, 6.07) is 17.8. The Morgan fingerprint density at radius 2 is 1.94 bits per heavy atom. The fraction of sp³-hybridized carbons (Fsp3) is 0.360. The van der Waals surface area contributed by atoms with Gasteiger partial charge in [-0.3, -0.25) is 9.58 Å². The number of carboxylic acid groups (broad SMARTS) is 1. The first kappa shape index (κ1) is 26.1. The molecule has 2 aromatic carbocycles. The van der Waals surface area contributed by atoms with Crippen molar-refractivity contribution in [3.63, 3.8) is 0 Å². The van der Waals surface area contributed by atoms with Crippen LogP contribution in [0, 0.1) is 12.8 Å². The molecule has 0 aliphatic carbocycles. The topological polar surface area (TPSA) is 79.6 Å². The van der Waals surface area contributed by atoms with Crippen molar-refractivity contribution in [3.05, 3.63) is 75.9 Å². The van der Waals surface area contributed by atoms with Crippen molar-refractivity contribution in [2.45, 2.75) is 32.9 Å². The number of hydrogen-bond acceptors (Lipinski definition) is 4. The van der Waals surface area contributed by atoms with Crippen LogP contribution in [0.25, 0.3) is 0 Å². The molecule has 1 saturated heterocycles. The van der Waals surface area contributed by atoms with Crippen LogP contribution in [-0.2, 0) is 13.2 Å². The lowest BCUT2D eigenvalue weighted by atomic mass is 9.98. The highest BCUT2D eigenvalue weighted by Crippen LogP contribution is 2.27. The van der Waals surface area contributed by atoms with Gasteiger partial charge in [0.1, 0.15) is 12.4 Å². The van der Waals surface area contributed by atoms with Gasteiger partial charge in [-0.15, -0.1) is 12.4 Å². The molecule has 1 aliphatic heterocycles. The van der Waals surface area contributed by atoms with E-state index in [-0.39, 0.29) is 12.4 Å². The summed E-state index contributed by atoms with van der Waals surface area (Å²) in [6.45, 7) is 5.23. The normalized spacial score (nSPS) is 13.8. The van der Waals surface area contributed by atoms with Crippen molar-refractivity contribution >= 4 is 40.2 Å². The van der Waals surface area contributed by atoms with Gasteiger partial charge in [0, 0.05) is 28.3 Å². The summed E-state index contributed by atoms with van der Waals surface area (Å²) >= 11 is 3.55. The molecular weight excluding hydrogens is 520 g/mol. The Labute approximate surface area is 214 Å². The Balaban J connectivity index is 0.00000324. The second-order valence-corrected chi connectivity index (χ2v) is 9.33. The lowest BCUT2D eigenvalue weighted by molar-refractivity contribution is 0.199. The van der Waals surface area contributed by atoms with Crippen molar-refractivity contribution in [2.24, 2.45) is 5.92 Å². The molecule has 0 spiro atoms. The van der Waals surface area contributed by atoms with Crippen LogP contribution in [0.5, 0.6) is 5.75 Å². The number of nitrogens with one attached hydrogen (secondary N) is 1. The van der Waals surface area contributed by atoms with E-state index in [1.54, 1.807) is 0 Å². The molecule has 2 N–H and O–H groups in total. The number of ether oxygens (including phenoxy) is 1. The molecule has 182 valence electrons. The van der Waals surface area contributed by atoms with Gasteiger partial charge in [-0.05, 0) is 62.5 Å². The van der Waals surface area contributed by atoms with Crippen LogP contribution < -0.4 is 15.0 Å². The van der Waals surface area contributed by atoms with Gasteiger partial charge >= 0.3 is 6.09 Å². The fourth-order valence-corrected chi connectivity index (χ4v) is 4.49. The summed E-state index contributed by atoms with van der Waals surface area (Å²) in [5, 5.41) is 17.8. The number of carbonyl (C=O) groups is 1. The van der Waals surface area contributed by atoms with E-state index >= 15 is 0 Å². The molecule has 0 unspecified atom stereocenters. The number of aryl methyl sites for hydroxylation is 1. The van der Waals surface area contributed by atoms with Gasteiger partial charge in [0.2, 0.25) is 0 Å². The first-order chi connectivity index (χ1) is 16.0. The minimum absolute atomic E-state index is 0. The maximum atomic E-state index is 12.0. The number of halogens is 2. The molecule has 3 aromatic rings. The van der Waals surface area contributed by atoms with Crippen molar-refractivity contribution in [2.75, 3.05) is 24.5 Å². The first-order valence-corrected chi connectivity index (χ1v) is 12.0. The fourth-order valence-electron chi connectivity index (χ4n) is 4.09. The van der Waals surface area contributed by atoms with Gasteiger partial charge in [0.05, 0.1) is 6.54 Å². The third-order valence-electron chi connectivity index (χ3n) is 5.96. The molecule has 4 rings (SSSR count). The van der Waals surface area contributed by atoms with E-state index in [0.29, 0.717) is 31.4 Å². The number of hydrogen-bond donors (Lipinski definition) is 2. The zero-order valence-electron chi connectivity index (χ0n) is 19.1. The smallest absolute Gasteiger partial charge is 0.413 e. The van der Waals surface area contributed by atoms with E-state index < -0.39 is 6.09 Å². The van der Waals surface area contributed by atoms with Crippen LogP contribution in [0.2, 0.25) is 0 Å².